The second-order valence-corrected chi connectivity index (χ2v) is 2.97. The minimum absolute atomic E-state index is 0.0615. The van der Waals surface area contributed by atoms with Crippen LogP contribution >= 0.6 is 11.6 Å². The van der Waals surface area contributed by atoms with Crippen molar-refractivity contribution in [2.75, 3.05) is 0 Å². The van der Waals surface area contributed by atoms with Gasteiger partial charge in [-0.1, -0.05) is 6.58 Å². The van der Waals surface area contributed by atoms with Crippen molar-refractivity contribution in [3.8, 4) is 0 Å². The highest BCUT2D eigenvalue weighted by Crippen LogP contribution is 1.97. The van der Waals surface area contributed by atoms with Crippen molar-refractivity contribution in [1.82, 2.24) is 19.9 Å². The van der Waals surface area contributed by atoms with Crippen LogP contribution in [0.3, 0.4) is 0 Å². The quantitative estimate of drug-likeness (QED) is 0.736. The van der Waals surface area contributed by atoms with Gasteiger partial charge in [0.15, 0.2) is 17.5 Å². The Bertz CT molecular complexity index is 452. The van der Waals surface area contributed by atoms with Crippen molar-refractivity contribution in [2.24, 2.45) is 0 Å². The summed E-state index contributed by atoms with van der Waals surface area (Å²) in [5.41, 5.74) is 0. The van der Waals surface area contributed by atoms with Crippen LogP contribution in [0.4, 0.5) is 8.78 Å². The Morgan fingerprint density at radius 3 is 1.71 bits per heavy atom. The molecule has 4 nitrogen and oxygen atoms in total. The second kappa shape index (κ2) is 6.59. The van der Waals surface area contributed by atoms with Gasteiger partial charge >= 0.3 is 0 Å². The van der Waals surface area contributed by atoms with Crippen molar-refractivity contribution in [1.29, 1.82) is 0 Å². The fraction of sp³-hybridized carbons (Fsp3) is 0. The highest BCUT2D eigenvalue weighted by atomic mass is 35.5. The first-order valence-electron chi connectivity index (χ1n) is 4.35. The van der Waals surface area contributed by atoms with Crippen LogP contribution in [0.15, 0.2) is 31.4 Å². The summed E-state index contributed by atoms with van der Waals surface area (Å²) in [6.07, 6.45) is 5.68. The molecule has 0 aliphatic rings. The molecule has 0 N–H and O–H groups in total. The number of hydrogen-bond acceptors (Lipinski definition) is 4. The van der Waals surface area contributed by atoms with E-state index in [9.17, 15) is 8.78 Å². The number of halogens is 3. The average molecular weight is 257 g/mol. The van der Waals surface area contributed by atoms with Crippen LogP contribution in [0, 0.1) is 11.6 Å². The maximum atomic E-state index is 12.1. The molecule has 0 atom stereocenters. The molecule has 2 heterocycles. The summed E-state index contributed by atoms with van der Waals surface area (Å²) in [6, 6.07) is 0. The van der Waals surface area contributed by atoms with Crippen molar-refractivity contribution in [3.63, 3.8) is 0 Å². The minimum atomic E-state index is -0.477. The first-order valence-corrected chi connectivity index (χ1v) is 4.72. The molecule has 0 aliphatic heterocycles. The van der Waals surface area contributed by atoms with E-state index >= 15 is 0 Å². The van der Waals surface area contributed by atoms with Crippen LogP contribution in [-0.2, 0) is 0 Å². The van der Waals surface area contributed by atoms with Crippen molar-refractivity contribution in [3.05, 3.63) is 54.1 Å². The third kappa shape index (κ3) is 5.07. The molecule has 0 unspecified atom stereocenters. The van der Waals surface area contributed by atoms with E-state index in [-0.39, 0.29) is 5.28 Å². The SMILES string of the molecule is C=Cc1ncc(F)cn1.Fc1cnc(Cl)nc1. The van der Waals surface area contributed by atoms with Crippen molar-refractivity contribution >= 4 is 17.7 Å². The van der Waals surface area contributed by atoms with Gasteiger partial charge in [0.2, 0.25) is 5.28 Å². The van der Waals surface area contributed by atoms with Crippen LogP contribution in [-0.4, -0.2) is 19.9 Å². The van der Waals surface area contributed by atoms with Crippen molar-refractivity contribution < 1.29 is 8.78 Å². The maximum absolute atomic E-state index is 12.1. The molecule has 88 valence electrons. The largest absolute Gasteiger partial charge is 0.234 e. The molecule has 0 aromatic carbocycles. The van der Waals surface area contributed by atoms with E-state index in [1.165, 1.54) is 6.08 Å². The van der Waals surface area contributed by atoms with Gasteiger partial charge in [0.05, 0.1) is 24.8 Å². The lowest BCUT2D eigenvalue weighted by Crippen LogP contribution is -1.86. The molecule has 2 aromatic heterocycles. The molecular formula is C10H7ClF2N4. The summed E-state index contributed by atoms with van der Waals surface area (Å²) in [5, 5.41) is 0.0615. The highest BCUT2D eigenvalue weighted by molar-refractivity contribution is 6.28. The maximum Gasteiger partial charge on any atom is 0.222 e. The molecule has 7 heteroatoms. The first kappa shape index (κ1) is 13.1. The van der Waals surface area contributed by atoms with Gasteiger partial charge in [-0.05, 0) is 17.7 Å². The molecule has 0 spiro atoms. The smallest absolute Gasteiger partial charge is 0.222 e. The Morgan fingerprint density at radius 2 is 1.35 bits per heavy atom. The molecule has 2 aromatic rings. The summed E-state index contributed by atoms with van der Waals surface area (Å²) in [5.74, 6) is -0.466. The molecule has 0 amide bonds. The molecule has 2 rings (SSSR count). The van der Waals surface area contributed by atoms with Gasteiger partial charge in [-0.25, -0.2) is 28.7 Å². The second-order valence-electron chi connectivity index (χ2n) is 2.63. The van der Waals surface area contributed by atoms with E-state index in [4.69, 9.17) is 11.6 Å². The van der Waals surface area contributed by atoms with Crippen LogP contribution in [0.5, 0.6) is 0 Å². The Kier molecular flexibility index (Phi) is 5.09. The predicted molar refractivity (Wildman–Crippen MR) is 59.1 cm³/mol. The molecule has 0 bridgehead atoms. The van der Waals surface area contributed by atoms with Crippen LogP contribution in [0.1, 0.15) is 5.82 Å². The van der Waals surface area contributed by atoms with Gasteiger partial charge in [0.1, 0.15) is 0 Å². The Balaban J connectivity index is 0.000000171. The van der Waals surface area contributed by atoms with E-state index in [0.29, 0.717) is 5.82 Å². The summed E-state index contributed by atoms with van der Waals surface area (Å²) in [6.45, 7) is 3.41. The van der Waals surface area contributed by atoms with Gasteiger partial charge in [-0.15, -0.1) is 0 Å². The topological polar surface area (TPSA) is 51.6 Å². The molecule has 17 heavy (non-hydrogen) atoms. The molecular weight excluding hydrogens is 250 g/mol. The third-order valence-electron chi connectivity index (χ3n) is 1.41. The number of aromatic nitrogens is 4. The molecule has 0 aliphatic carbocycles. The number of rotatable bonds is 1. The van der Waals surface area contributed by atoms with Crippen LogP contribution < -0.4 is 0 Å². The highest BCUT2D eigenvalue weighted by Gasteiger charge is 1.89. The summed E-state index contributed by atoms with van der Waals surface area (Å²) in [7, 11) is 0. The summed E-state index contributed by atoms with van der Waals surface area (Å²) in [4.78, 5) is 13.9. The molecule has 0 saturated heterocycles. The van der Waals surface area contributed by atoms with E-state index in [1.54, 1.807) is 0 Å². The van der Waals surface area contributed by atoms with Gasteiger partial charge in [0, 0.05) is 0 Å². The van der Waals surface area contributed by atoms with E-state index < -0.39 is 11.6 Å². The fourth-order valence-electron chi connectivity index (χ4n) is 0.724. The van der Waals surface area contributed by atoms with E-state index in [1.807, 2.05) is 0 Å². The average Bonchev–Trinajstić information content (AvgIpc) is 2.35. The number of nitrogens with zero attached hydrogens (tertiary/aromatic N) is 4. The normalized spacial score (nSPS) is 9.12. The first-order chi connectivity index (χ1) is 8.11. The Morgan fingerprint density at radius 1 is 0.941 bits per heavy atom. The standard InChI is InChI=1S/C6H5FN2.C4H2ClFN2/c1-2-6-8-3-5(7)4-9-6;5-4-7-1-3(6)2-8-4/h2-4H,1H2;1-2H. The lowest BCUT2D eigenvalue weighted by molar-refractivity contribution is 0.612. The van der Waals surface area contributed by atoms with Gasteiger partial charge in [-0.3, -0.25) is 0 Å². The van der Waals surface area contributed by atoms with Gasteiger partial charge in [-0.2, -0.15) is 0 Å². The Hall–Kier alpha value is -1.95. The molecule has 0 fully saturated rings. The minimum Gasteiger partial charge on any atom is -0.234 e. The van der Waals surface area contributed by atoms with E-state index in [0.717, 1.165) is 24.8 Å². The van der Waals surface area contributed by atoms with Gasteiger partial charge in [0.25, 0.3) is 0 Å². The molecule has 0 radical (unpaired) electrons. The van der Waals surface area contributed by atoms with Crippen molar-refractivity contribution in [2.45, 2.75) is 0 Å². The van der Waals surface area contributed by atoms with Crippen LogP contribution in [0.2, 0.25) is 5.28 Å². The molecule has 0 saturated carbocycles. The lowest BCUT2D eigenvalue weighted by Gasteiger charge is -1.87. The number of hydrogen-bond donors (Lipinski definition) is 0. The van der Waals surface area contributed by atoms with Crippen LogP contribution in [0.25, 0.3) is 6.08 Å². The zero-order chi connectivity index (χ0) is 12.7. The lowest BCUT2D eigenvalue weighted by atomic mass is 10.5. The van der Waals surface area contributed by atoms with E-state index in [2.05, 4.69) is 26.5 Å². The Labute approximate surface area is 101 Å². The predicted octanol–water partition coefficient (Wildman–Crippen LogP) is 2.53. The van der Waals surface area contributed by atoms with Gasteiger partial charge < -0.3 is 0 Å². The zero-order valence-corrected chi connectivity index (χ0v) is 9.27. The zero-order valence-electron chi connectivity index (χ0n) is 8.52. The monoisotopic (exact) mass is 256 g/mol. The fourth-order valence-corrected chi connectivity index (χ4v) is 0.822. The summed E-state index contributed by atoms with van der Waals surface area (Å²) >= 11 is 5.22. The third-order valence-corrected chi connectivity index (χ3v) is 1.61. The summed E-state index contributed by atoms with van der Waals surface area (Å²) < 4.78 is 24.0.